The van der Waals surface area contributed by atoms with Gasteiger partial charge in [-0.25, -0.2) is 4.79 Å². The van der Waals surface area contributed by atoms with Crippen molar-refractivity contribution in [3.63, 3.8) is 0 Å². The molecule has 1 amide bonds. The third-order valence-electron chi connectivity index (χ3n) is 5.25. The summed E-state index contributed by atoms with van der Waals surface area (Å²) in [5.41, 5.74) is 5.36. The average molecular weight is 484 g/mol. The maximum atomic E-state index is 12.5. The summed E-state index contributed by atoms with van der Waals surface area (Å²) in [6, 6.07) is 24.9. The molecule has 3 aromatic carbocycles. The van der Waals surface area contributed by atoms with Crippen LogP contribution in [0.2, 0.25) is 0 Å². The van der Waals surface area contributed by atoms with Gasteiger partial charge in [0.1, 0.15) is 11.5 Å². The molecule has 0 aliphatic carbocycles. The lowest BCUT2D eigenvalue weighted by atomic mass is 9.88. The van der Waals surface area contributed by atoms with Crippen LogP contribution in [-0.4, -0.2) is 40.9 Å². The number of phenols is 1. The number of alkyl halides is 2. The van der Waals surface area contributed by atoms with Crippen molar-refractivity contribution in [1.82, 2.24) is 4.90 Å². The number of allylic oxidation sites excluding steroid dienone is 1. The minimum absolute atomic E-state index is 0.219. The van der Waals surface area contributed by atoms with Gasteiger partial charge < -0.3 is 14.7 Å². The van der Waals surface area contributed by atoms with E-state index >= 15 is 0 Å². The van der Waals surface area contributed by atoms with E-state index in [2.05, 4.69) is 19.1 Å². The van der Waals surface area contributed by atoms with E-state index in [9.17, 15) is 9.90 Å². The standard InChI is InChI=1S/C27H27Cl2NO3/c1-2-25(20-6-4-3-5-7-20)26(21-8-12-23(31)13-9-21)22-10-14-24(15-11-22)33-27(32)30(18-16-28)19-17-29/h3-15,31H,2,16-19H2,1H3. The molecule has 0 spiro atoms. The molecule has 0 bridgehead atoms. The minimum Gasteiger partial charge on any atom is -0.508 e. The van der Waals surface area contributed by atoms with Crippen molar-refractivity contribution in [2.24, 2.45) is 0 Å². The Morgan fingerprint density at radius 3 is 1.88 bits per heavy atom. The van der Waals surface area contributed by atoms with Crippen LogP contribution in [0.25, 0.3) is 11.1 Å². The van der Waals surface area contributed by atoms with Crippen molar-refractivity contribution in [3.8, 4) is 11.5 Å². The van der Waals surface area contributed by atoms with Crippen LogP contribution in [0, 0.1) is 0 Å². The second-order valence-corrected chi connectivity index (χ2v) is 8.13. The van der Waals surface area contributed by atoms with Gasteiger partial charge in [0.05, 0.1) is 0 Å². The molecule has 0 aliphatic heterocycles. The molecule has 0 fully saturated rings. The van der Waals surface area contributed by atoms with E-state index in [1.165, 1.54) is 10.5 Å². The van der Waals surface area contributed by atoms with Crippen LogP contribution in [0.1, 0.15) is 30.0 Å². The first kappa shape index (κ1) is 24.7. The molecule has 3 rings (SSSR count). The average Bonchev–Trinajstić information content (AvgIpc) is 2.84. The highest BCUT2D eigenvalue weighted by molar-refractivity contribution is 6.18. The molecule has 172 valence electrons. The van der Waals surface area contributed by atoms with Crippen molar-refractivity contribution in [1.29, 1.82) is 0 Å². The number of aromatic hydroxyl groups is 1. The lowest BCUT2D eigenvalue weighted by molar-refractivity contribution is 0.158. The summed E-state index contributed by atoms with van der Waals surface area (Å²) >= 11 is 11.6. The van der Waals surface area contributed by atoms with Gasteiger partial charge in [0, 0.05) is 24.8 Å². The SMILES string of the molecule is CCC(=C(c1ccc(O)cc1)c1ccc(OC(=O)N(CCCl)CCCl)cc1)c1ccccc1. The third-order valence-corrected chi connectivity index (χ3v) is 5.59. The highest BCUT2D eigenvalue weighted by atomic mass is 35.5. The zero-order valence-electron chi connectivity index (χ0n) is 18.5. The monoisotopic (exact) mass is 483 g/mol. The van der Waals surface area contributed by atoms with Crippen molar-refractivity contribution >= 4 is 40.4 Å². The molecule has 4 nitrogen and oxygen atoms in total. The van der Waals surface area contributed by atoms with Crippen molar-refractivity contribution in [2.45, 2.75) is 13.3 Å². The van der Waals surface area contributed by atoms with E-state index < -0.39 is 6.09 Å². The Morgan fingerprint density at radius 2 is 1.36 bits per heavy atom. The van der Waals surface area contributed by atoms with Gasteiger partial charge in [0.15, 0.2) is 0 Å². The summed E-state index contributed by atoms with van der Waals surface area (Å²) in [6.07, 6.45) is 0.347. The number of hydrogen-bond donors (Lipinski definition) is 1. The summed E-state index contributed by atoms with van der Waals surface area (Å²) in [7, 11) is 0. The molecular weight excluding hydrogens is 457 g/mol. The zero-order valence-corrected chi connectivity index (χ0v) is 20.0. The van der Waals surface area contributed by atoms with Crippen molar-refractivity contribution in [3.05, 3.63) is 95.6 Å². The smallest absolute Gasteiger partial charge is 0.415 e. The number of hydrogen-bond acceptors (Lipinski definition) is 3. The van der Waals surface area contributed by atoms with Gasteiger partial charge in [-0.3, -0.25) is 0 Å². The van der Waals surface area contributed by atoms with E-state index in [-0.39, 0.29) is 5.75 Å². The van der Waals surface area contributed by atoms with Crippen molar-refractivity contribution < 1.29 is 14.6 Å². The van der Waals surface area contributed by atoms with E-state index in [1.54, 1.807) is 24.3 Å². The maximum Gasteiger partial charge on any atom is 0.415 e. The highest BCUT2D eigenvalue weighted by Crippen LogP contribution is 2.35. The molecule has 0 unspecified atom stereocenters. The maximum absolute atomic E-state index is 12.5. The third kappa shape index (κ3) is 6.53. The Bertz CT molecular complexity index is 1060. The summed E-state index contributed by atoms with van der Waals surface area (Å²) in [6.45, 7) is 2.87. The fourth-order valence-electron chi connectivity index (χ4n) is 3.66. The largest absolute Gasteiger partial charge is 0.508 e. The molecule has 0 saturated carbocycles. The van der Waals surface area contributed by atoms with Crippen LogP contribution in [0.15, 0.2) is 78.9 Å². The van der Waals surface area contributed by atoms with Gasteiger partial charge in [0.2, 0.25) is 0 Å². The van der Waals surface area contributed by atoms with Gasteiger partial charge in [-0.05, 0) is 58.5 Å². The Morgan fingerprint density at radius 1 is 0.818 bits per heavy atom. The number of halogens is 2. The van der Waals surface area contributed by atoms with Gasteiger partial charge in [-0.2, -0.15) is 0 Å². The molecule has 1 N–H and O–H groups in total. The molecule has 6 heteroatoms. The summed E-state index contributed by atoms with van der Waals surface area (Å²) in [4.78, 5) is 13.9. The molecular formula is C27H27Cl2NO3. The van der Waals surface area contributed by atoms with Gasteiger partial charge in [0.25, 0.3) is 0 Å². The Balaban J connectivity index is 1.98. The number of nitrogens with zero attached hydrogens (tertiary/aromatic N) is 1. The van der Waals surface area contributed by atoms with E-state index in [1.807, 2.05) is 42.5 Å². The zero-order chi connectivity index (χ0) is 23.6. The Kier molecular flexibility index (Phi) is 9.23. The van der Waals surface area contributed by atoms with Gasteiger partial charge >= 0.3 is 6.09 Å². The minimum atomic E-state index is -0.475. The molecule has 0 heterocycles. The topological polar surface area (TPSA) is 49.8 Å². The number of carbonyl (C=O) groups excluding carboxylic acids is 1. The Hall–Kier alpha value is -2.95. The first-order valence-corrected chi connectivity index (χ1v) is 11.9. The van der Waals surface area contributed by atoms with E-state index in [0.29, 0.717) is 30.6 Å². The van der Waals surface area contributed by atoms with Crippen molar-refractivity contribution in [2.75, 3.05) is 24.8 Å². The van der Waals surface area contributed by atoms with Crippen LogP contribution in [-0.2, 0) is 0 Å². The lowest BCUT2D eigenvalue weighted by Crippen LogP contribution is -2.36. The number of amides is 1. The second-order valence-electron chi connectivity index (χ2n) is 7.38. The van der Waals surface area contributed by atoms with Crippen LogP contribution in [0.4, 0.5) is 4.79 Å². The Labute approximate surface area is 205 Å². The van der Waals surface area contributed by atoms with Crippen LogP contribution >= 0.6 is 23.2 Å². The lowest BCUT2D eigenvalue weighted by Gasteiger charge is -2.20. The normalized spacial score (nSPS) is 11.6. The molecule has 0 radical (unpaired) electrons. The number of carbonyl (C=O) groups is 1. The van der Waals surface area contributed by atoms with Crippen LogP contribution < -0.4 is 4.74 Å². The number of ether oxygens (including phenoxy) is 1. The number of benzene rings is 3. The first-order valence-electron chi connectivity index (χ1n) is 10.8. The summed E-state index contributed by atoms with van der Waals surface area (Å²) < 4.78 is 5.53. The first-order chi connectivity index (χ1) is 16.1. The predicted octanol–water partition coefficient (Wildman–Crippen LogP) is 7.04. The molecule has 3 aromatic rings. The summed E-state index contributed by atoms with van der Waals surface area (Å²) in [5, 5.41) is 9.78. The second kappa shape index (κ2) is 12.3. The van der Waals surface area contributed by atoms with Gasteiger partial charge in [-0.15, -0.1) is 23.2 Å². The molecule has 33 heavy (non-hydrogen) atoms. The predicted molar refractivity (Wildman–Crippen MR) is 136 cm³/mol. The number of phenolic OH excluding ortho intramolecular Hbond substituents is 1. The van der Waals surface area contributed by atoms with Crippen LogP contribution in [0.3, 0.4) is 0 Å². The molecule has 0 aliphatic rings. The molecule has 0 aromatic heterocycles. The highest BCUT2D eigenvalue weighted by Gasteiger charge is 2.16. The quantitative estimate of drug-likeness (QED) is 0.262. The van der Waals surface area contributed by atoms with E-state index in [0.717, 1.165) is 28.7 Å². The molecule has 0 atom stereocenters. The van der Waals surface area contributed by atoms with Gasteiger partial charge in [-0.1, -0.05) is 61.5 Å². The van der Waals surface area contributed by atoms with Crippen LogP contribution in [0.5, 0.6) is 11.5 Å². The summed E-state index contributed by atoms with van der Waals surface area (Å²) in [5.74, 6) is 1.29. The fraction of sp³-hybridized carbons (Fsp3) is 0.222. The molecule has 0 saturated heterocycles. The van der Waals surface area contributed by atoms with E-state index in [4.69, 9.17) is 27.9 Å². The fourth-order valence-corrected chi connectivity index (χ4v) is 4.07. The number of rotatable bonds is 9.